The van der Waals surface area contributed by atoms with Crippen molar-refractivity contribution in [3.8, 4) is 0 Å². The smallest absolute Gasteiger partial charge is 0.198 e. The zero-order valence-electron chi connectivity index (χ0n) is 11.1. The lowest BCUT2D eigenvalue weighted by atomic mass is 10.2. The van der Waals surface area contributed by atoms with Gasteiger partial charge in [0.15, 0.2) is 5.96 Å². The van der Waals surface area contributed by atoms with E-state index in [4.69, 9.17) is 11.5 Å². The van der Waals surface area contributed by atoms with Crippen LogP contribution in [0.2, 0.25) is 0 Å². The summed E-state index contributed by atoms with van der Waals surface area (Å²) in [5, 5.41) is 3.10. The second-order valence-electron chi connectivity index (χ2n) is 4.48. The number of nitrogens with two attached hydrogens (primary N) is 2. The van der Waals surface area contributed by atoms with Crippen LogP contribution in [0, 0.1) is 13.8 Å². The molecule has 0 aliphatic heterocycles. The van der Waals surface area contributed by atoms with E-state index in [1.54, 1.807) is 0 Å². The summed E-state index contributed by atoms with van der Waals surface area (Å²) in [4.78, 5) is 4.36. The highest BCUT2D eigenvalue weighted by Gasteiger charge is 2.01. The molecule has 5 N–H and O–H groups in total. The van der Waals surface area contributed by atoms with Gasteiger partial charge in [-0.15, -0.1) is 0 Å². The molecule has 0 aliphatic rings. The van der Waals surface area contributed by atoms with Crippen molar-refractivity contribution in [1.82, 2.24) is 0 Å². The van der Waals surface area contributed by atoms with Crippen molar-refractivity contribution < 1.29 is 0 Å². The maximum absolute atomic E-state index is 5.92. The molecule has 0 unspecified atom stereocenters. The maximum atomic E-state index is 5.92. The highest BCUT2D eigenvalue weighted by atomic mass is 15.1. The predicted molar refractivity (Wildman–Crippen MR) is 81.7 cm³/mol. The highest BCUT2D eigenvalue weighted by molar-refractivity contribution is 5.94. The van der Waals surface area contributed by atoms with Crippen molar-refractivity contribution in [2.24, 2.45) is 10.7 Å². The standard InChI is InChI=1S/C15H18N4/c1-10-5-3-4-6-13(10)18-15(17)19-14-8-7-12(16)9-11(14)2/h3-9H,16H2,1-2H3,(H3,17,18,19). The molecule has 0 amide bonds. The number of aryl methyl sites for hydroxylation is 2. The van der Waals surface area contributed by atoms with E-state index in [9.17, 15) is 0 Å². The first kappa shape index (κ1) is 13.0. The van der Waals surface area contributed by atoms with Gasteiger partial charge < -0.3 is 16.8 Å². The Morgan fingerprint density at radius 1 is 1.05 bits per heavy atom. The van der Waals surface area contributed by atoms with Crippen molar-refractivity contribution in [2.45, 2.75) is 13.8 Å². The van der Waals surface area contributed by atoms with Crippen LogP contribution in [0.1, 0.15) is 11.1 Å². The van der Waals surface area contributed by atoms with Gasteiger partial charge in [0.1, 0.15) is 0 Å². The van der Waals surface area contributed by atoms with E-state index in [1.807, 2.05) is 56.3 Å². The van der Waals surface area contributed by atoms with E-state index in [-0.39, 0.29) is 0 Å². The molecule has 0 bridgehead atoms. The average Bonchev–Trinajstić information content (AvgIpc) is 2.36. The topological polar surface area (TPSA) is 76.4 Å². The number of nitrogens with one attached hydrogen (secondary N) is 1. The Morgan fingerprint density at radius 3 is 2.47 bits per heavy atom. The monoisotopic (exact) mass is 254 g/mol. The largest absolute Gasteiger partial charge is 0.399 e. The summed E-state index contributed by atoms with van der Waals surface area (Å²) >= 11 is 0. The molecule has 0 aromatic heterocycles. The summed E-state index contributed by atoms with van der Waals surface area (Å²) < 4.78 is 0. The fourth-order valence-corrected chi connectivity index (χ4v) is 1.81. The molecule has 4 nitrogen and oxygen atoms in total. The molecule has 0 aliphatic carbocycles. The lowest BCUT2D eigenvalue weighted by Gasteiger charge is -2.09. The van der Waals surface area contributed by atoms with Crippen LogP contribution >= 0.6 is 0 Å². The summed E-state index contributed by atoms with van der Waals surface area (Å²) in [5.41, 5.74) is 16.2. The van der Waals surface area contributed by atoms with Crippen LogP contribution in [-0.2, 0) is 0 Å². The van der Waals surface area contributed by atoms with Crippen molar-refractivity contribution in [3.63, 3.8) is 0 Å². The fourth-order valence-electron chi connectivity index (χ4n) is 1.81. The number of para-hydroxylation sites is 1. The third-order valence-electron chi connectivity index (χ3n) is 2.87. The van der Waals surface area contributed by atoms with Gasteiger partial charge >= 0.3 is 0 Å². The van der Waals surface area contributed by atoms with E-state index in [1.165, 1.54) is 0 Å². The molecule has 2 aromatic carbocycles. The Hall–Kier alpha value is -2.49. The van der Waals surface area contributed by atoms with Gasteiger partial charge in [-0.25, -0.2) is 4.99 Å². The SMILES string of the molecule is Cc1cc(N)ccc1N=C(N)Nc1ccccc1C. The van der Waals surface area contributed by atoms with Crippen molar-refractivity contribution in [1.29, 1.82) is 0 Å². The molecular weight excluding hydrogens is 236 g/mol. The molecule has 0 fully saturated rings. The molecule has 2 aromatic rings. The van der Waals surface area contributed by atoms with E-state index in [2.05, 4.69) is 10.3 Å². The number of benzene rings is 2. The Labute approximate surface area is 113 Å². The first-order chi connectivity index (χ1) is 9.06. The number of nitrogens with zero attached hydrogens (tertiary/aromatic N) is 1. The normalized spacial score (nSPS) is 11.4. The number of anilines is 2. The van der Waals surface area contributed by atoms with Crippen molar-refractivity contribution in [2.75, 3.05) is 11.1 Å². The van der Waals surface area contributed by atoms with Crippen LogP contribution in [0.4, 0.5) is 17.1 Å². The van der Waals surface area contributed by atoms with Gasteiger partial charge in [-0.05, 0) is 49.2 Å². The summed E-state index contributed by atoms with van der Waals surface area (Å²) in [6, 6.07) is 13.5. The third kappa shape index (κ3) is 3.25. The summed E-state index contributed by atoms with van der Waals surface area (Å²) in [5.74, 6) is 0.363. The number of rotatable bonds is 2. The van der Waals surface area contributed by atoms with Gasteiger partial charge in [0.25, 0.3) is 0 Å². The molecule has 0 spiro atoms. The van der Waals surface area contributed by atoms with E-state index in [0.717, 1.165) is 28.2 Å². The molecule has 0 saturated heterocycles. The van der Waals surface area contributed by atoms with Crippen LogP contribution < -0.4 is 16.8 Å². The minimum absolute atomic E-state index is 0.363. The Balaban J connectivity index is 2.22. The highest BCUT2D eigenvalue weighted by Crippen LogP contribution is 2.21. The van der Waals surface area contributed by atoms with Gasteiger partial charge in [0.2, 0.25) is 0 Å². The van der Waals surface area contributed by atoms with Crippen LogP contribution in [-0.4, -0.2) is 5.96 Å². The fraction of sp³-hybridized carbons (Fsp3) is 0.133. The summed E-state index contributed by atoms with van der Waals surface area (Å²) in [7, 11) is 0. The Bertz CT molecular complexity index is 617. The molecule has 0 radical (unpaired) electrons. The second kappa shape index (κ2) is 5.44. The van der Waals surface area contributed by atoms with Crippen LogP contribution in [0.15, 0.2) is 47.5 Å². The number of aliphatic imine (C=N–C) groups is 1. The molecule has 2 rings (SSSR count). The minimum atomic E-state index is 0.363. The zero-order valence-corrected chi connectivity index (χ0v) is 11.1. The zero-order chi connectivity index (χ0) is 13.8. The van der Waals surface area contributed by atoms with Gasteiger partial charge in [-0.2, -0.15) is 0 Å². The molecule has 0 heterocycles. The average molecular weight is 254 g/mol. The molecule has 0 saturated carbocycles. The van der Waals surface area contributed by atoms with E-state index in [0.29, 0.717) is 5.96 Å². The number of guanidine groups is 1. The van der Waals surface area contributed by atoms with Gasteiger partial charge in [-0.1, -0.05) is 18.2 Å². The van der Waals surface area contributed by atoms with E-state index >= 15 is 0 Å². The minimum Gasteiger partial charge on any atom is -0.399 e. The number of hydrogen-bond acceptors (Lipinski definition) is 2. The quantitative estimate of drug-likeness (QED) is 0.438. The van der Waals surface area contributed by atoms with Crippen molar-refractivity contribution in [3.05, 3.63) is 53.6 Å². The number of hydrogen-bond donors (Lipinski definition) is 3. The van der Waals surface area contributed by atoms with Crippen LogP contribution in [0.5, 0.6) is 0 Å². The van der Waals surface area contributed by atoms with Crippen molar-refractivity contribution >= 4 is 23.0 Å². The summed E-state index contributed by atoms with van der Waals surface area (Å²) in [6.07, 6.45) is 0. The summed E-state index contributed by atoms with van der Waals surface area (Å²) in [6.45, 7) is 3.97. The molecule has 0 atom stereocenters. The lowest BCUT2D eigenvalue weighted by molar-refractivity contribution is 1.36. The maximum Gasteiger partial charge on any atom is 0.198 e. The molecule has 4 heteroatoms. The predicted octanol–water partition coefficient (Wildman–Crippen LogP) is 2.94. The Morgan fingerprint density at radius 2 is 1.79 bits per heavy atom. The van der Waals surface area contributed by atoms with Crippen LogP contribution in [0.25, 0.3) is 0 Å². The van der Waals surface area contributed by atoms with E-state index < -0.39 is 0 Å². The van der Waals surface area contributed by atoms with Crippen LogP contribution in [0.3, 0.4) is 0 Å². The first-order valence-electron chi connectivity index (χ1n) is 6.09. The molecule has 98 valence electrons. The lowest BCUT2D eigenvalue weighted by Crippen LogP contribution is -2.22. The molecular formula is C15H18N4. The Kier molecular flexibility index (Phi) is 3.71. The van der Waals surface area contributed by atoms with Gasteiger partial charge in [-0.3, -0.25) is 0 Å². The van der Waals surface area contributed by atoms with Gasteiger partial charge in [0, 0.05) is 11.4 Å². The molecule has 19 heavy (non-hydrogen) atoms. The first-order valence-corrected chi connectivity index (χ1v) is 6.09. The third-order valence-corrected chi connectivity index (χ3v) is 2.87. The number of nitrogen functional groups attached to an aromatic ring is 1. The van der Waals surface area contributed by atoms with Gasteiger partial charge in [0.05, 0.1) is 5.69 Å². The second-order valence-corrected chi connectivity index (χ2v) is 4.48.